The van der Waals surface area contributed by atoms with Crippen molar-refractivity contribution in [2.24, 2.45) is 10.9 Å². The van der Waals surface area contributed by atoms with Gasteiger partial charge in [-0.3, -0.25) is 9.69 Å². The number of halogens is 1. The summed E-state index contributed by atoms with van der Waals surface area (Å²) >= 11 is 6.37. The van der Waals surface area contributed by atoms with Gasteiger partial charge in [0.25, 0.3) is 0 Å². The summed E-state index contributed by atoms with van der Waals surface area (Å²) < 4.78 is 11.9. The van der Waals surface area contributed by atoms with Crippen molar-refractivity contribution in [3.63, 3.8) is 0 Å². The Bertz CT molecular complexity index is 1210. The number of carbonyl (C=O) groups excluding carboxylic acids is 1. The normalized spacial score (nSPS) is 27.2. The smallest absolute Gasteiger partial charge is 0.234 e. The number of methoxy groups -OCH3 is 1. The second kappa shape index (κ2) is 11.5. The Kier molecular flexibility index (Phi) is 7.94. The first-order valence-electron chi connectivity index (χ1n) is 12.6. The highest BCUT2D eigenvalue weighted by Gasteiger charge is 2.30. The third-order valence-electron chi connectivity index (χ3n) is 7.14. The van der Waals surface area contributed by atoms with Gasteiger partial charge in [-0.1, -0.05) is 23.8 Å². The van der Waals surface area contributed by atoms with Crippen molar-refractivity contribution in [2.75, 3.05) is 39.9 Å². The maximum absolute atomic E-state index is 12.6. The van der Waals surface area contributed by atoms with Crippen molar-refractivity contribution in [3.8, 4) is 5.75 Å². The number of nitrogens with zero attached hydrogens (tertiary/aromatic N) is 4. The molecule has 0 radical (unpaired) electrons. The highest BCUT2D eigenvalue weighted by Crippen LogP contribution is 2.31. The second-order valence-corrected chi connectivity index (χ2v) is 10.0. The van der Waals surface area contributed by atoms with Crippen molar-refractivity contribution in [1.29, 1.82) is 0 Å². The van der Waals surface area contributed by atoms with Crippen molar-refractivity contribution in [3.05, 3.63) is 47.3 Å². The van der Waals surface area contributed by atoms with Gasteiger partial charge >= 0.3 is 0 Å². The van der Waals surface area contributed by atoms with Crippen molar-refractivity contribution in [2.45, 2.75) is 38.2 Å². The highest BCUT2D eigenvalue weighted by molar-refractivity contribution is 6.31. The molecule has 6 rings (SSSR count). The van der Waals surface area contributed by atoms with Crippen LogP contribution in [0.5, 0.6) is 5.75 Å². The van der Waals surface area contributed by atoms with Crippen LogP contribution in [0.2, 0.25) is 0 Å². The van der Waals surface area contributed by atoms with E-state index in [2.05, 4.69) is 26.3 Å². The number of carbonyl (C=O) groups is 1. The minimum absolute atomic E-state index is 0.0387. The molecule has 1 aromatic heterocycles. The summed E-state index contributed by atoms with van der Waals surface area (Å²) in [5.41, 5.74) is 2.82. The number of rotatable bonds is 1. The number of benzene rings is 1. The highest BCUT2D eigenvalue weighted by atomic mass is 35.5. The zero-order chi connectivity index (χ0) is 24.9. The topological polar surface area (TPSA) is 88.9 Å². The van der Waals surface area contributed by atoms with Gasteiger partial charge in [0.2, 0.25) is 5.91 Å². The van der Waals surface area contributed by atoms with Gasteiger partial charge in [-0.25, -0.2) is 15.0 Å². The van der Waals surface area contributed by atoms with Gasteiger partial charge < -0.3 is 14.8 Å². The molecule has 3 aliphatic heterocycles. The number of fused-ring (bicyclic) bond motifs is 9. The van der Waals surface area contributed by atoms with E-state index in [1.807, 2.05) is 24.3 Å². The molecular weight excluding hydrogens is 478 g/mol. The fourth-order valence-electron chi connectivity index (χ4n) is 5.15. The Morgan fingerprint density at radius 1 is 1.22 bits per heavy atom. The molecule has 36 heavy (non-hydrogen) atoms. The molecule has 4 heterocycles. The van der Waals surface area contributed by atoms with Crippen LogP contribution in [0.25, 0.3) is 10.9 Å². The van der Waals surface area contributed by atoms with Gasteiger partial charge in [-0.15, -0.1) is 0 Å². The lowest BCUT2D eigenvalue weighted by Gasteiger charge is -2.37. The Balaban J connectivity index is 1.46. The Labute approximate surface area is 216 Å². The Morgan fingerprint density at radius 3 is 3.03 bits per heavy atom. The monoisotopic (exact) mass is 509 g/mol. The number of hydrogen-bond donors (Lipinski definition) is 1. The molecule has 0 saturated carbocycles. The van der Waals surface area contributed by atoms with Crippen molar-refractivity contribution >= 4 is 39.9 Å². The molecule has 190 valence electrons. The van der Waals surface area contributed by atoms with Crippen LogP contribution in [0.4, 0.5) is 5.82 Å². The van der Waals surface area contributed by atoms with Crippen LogP contribution in [-0.4, -0.2) is 72.5 Å². The molecule has 1 fully saturated rings. The summed E-state index contributed by atoms with van der Waals surface area (Å²) in [6.45, 7) is 3.17. The van der Waals surface area contributed by atoms with E-state index in [0.29, 0.717) is 50.7 Å². The molecule has 0 spiro atoms. The summed E-state index contributed by atoms with van der Waals surface area (Å²) in [5.74, 6) is 1.82. The van der Waals surface area contributed by atoms with Crippen LogP contribution in [-0.2, 0) is 9.53 Å². The van der Waals surface area contributed by atoms with Crippen LogP contribution < -0.4 is 10.1 Å². The number of hydrogen-bond acceptors (Lipinski definition) is 7. The predicted molar refractivity (Wildman–Crippen MR) is 141 cm³/mol. The summed E-state index contributed by atoms with van der Waals surface area (Å²) in [6.07, 6.45) is 9.57. The van der Waals surface area contributed by atoms with Gasteiger partial charge in [-0.2, -0.15) is 0 Å². The maximum atomic E-state index is 12.6. The molecule has 8 nitrogen and oxygen atoms in total. The lowest BCUT2D eigenvalue weighted by Crippen LogP contribution is -2.48. The van der Waals surface area contributed by atoms with Gasteiger partial charge in [-0.05, 0) is 55.5 Å². The molecule has 4 aliphatic rings. The quantitative estimate of drug-likeness (QED) is 0.620. The third-order valence-corrected chi connectivity index (χ3v) is 7.43. The molecule has 2 aromatic rings. The van der Waals surface area contributed by atoms with Crippen molar-refractivity contribution in [1.82, 2.24) is 20.2 Å². The maximum Gasteiger partial charge on any atom is 0.234 e. The predicted octanol–water partition coefficient (Wildman–Crippen LogP) is 4.17. The lowest BCUT2D eigenvalue weighted by molar-refractivity contribution is -0.123. The fourth-order valence-corrected chi connectivity index (χ4v) is 5.37. The first-order chi connectivity index (χ1) is 17.6. The molecule has 1 saturated heterocycles. The number of ether oxygens (including phenoxy) is 2. The third kappa shape index (κ3) is 5.94. The second-order valence-electron chi connectivity index (χ2n) is 9.53. The summed E-state index contributed by atoms with van der Waals surface area (Å²) in [4.78, 5) is 28.6. The summed E-state index contributed by atoms with van der Waals surface area (Å²) in [7, 11) is 1.75. The van der Waals surface area contributed by atoms with E-state index in [1.165, 1.54) is 0 Å². The zero-order valence-corrected chi connectivity index (χ0v) is 21.3. The molecule has 1 aliphatic carbocycles. The largest absolute Gasteiger partial charge is 0.494 e. The van der Waals surface area contributed by atoms with Gasteiger partial charge in [0.15, 0.2) is 5.82 Å². The van der Waals surface area contributed by atoms with Gasteiger partial charge in [0, 0.05) is 49.2 Å². The van der Waals surface area contributed by atoms with E-state index in [-0.39, 0.29) is 12.0 Å². The molecule has 1 aromatic carbocycles. The number of allylic oxidation sites excluding steroid dienone is 3. The van der Waals surface area contributed by atoms with Gasteiger partial charge in [0.1, 0.15) is 12.1 Å². The first kappa shape index (κ1) is 24.9. The SMILES string of the molecule is COC1CN2CCC1CCOc1ccc3ncnc(c3c1)N=C1CC=C(Cl)C/C1=C\CCNC(=O)C2. The molecule has 1 amide bonds. The number of aromatic nitrogens is 2. The number of amides is 1. The van der Waals surface area contributed by atoms with Crippen molar-refractivity contribution < 1.29 is 14.3 Å². The van der Waals surface area contributed by atoms with Crippen LogP contribution in [0, 0.1) is 5.92 Å². The average Bonchev–Trinajstić information content (AvgIpc) is 2.88. The van der Waals surface area contributed by atoms with Crippen LogP contribution in [0.1, 0.15) is 32.1 Å². The molecule has 9 heteroatoms. The number of piperidine rings is 1. The average molecular weight is 510 g/mol. The van der Waals surface area contributed by atoms with E-state index in [1.54, 1.807) is 13.4 Å². The van der Waals surface area contributed by atoms with E-state index < -0.39 is 0 Å². The zero-order valence-electron chi connectivity index (χ0n) is 20.6. The molecule has 1 N–H and O–H groups in total. The first-order valence-corrected chi connectivity index (χ1v) is 13.0. The minimum atomic E-state index is 0.0387. The lowest BCUT2D eigenvalue weighted by atomic mass is 9.91. The minimum Gasteiger partial charge on any atom is -0.494 e. The van der Waals surface area contributed by atoms with E-state index in [9.17, 15) is 4.79 Å². The fraction of sp³-hybridized carbons (Fsp3) is 0.481. The molecule has 3 atom stereocenters. The Morgan fingerprint density at radius 2 is 2.14 bits per heavy atom. The summed E-state index contributed by atoms with van der Waals surface area (Å²) in [5, 5.41) is 4.71. The van der Waals surface area contributed by atoms with E-state index in [4.69, 9.17) is 26.1 Å². The Hall–Kier alpha value is -2.81. The number of aliphatic imine (C=N–C) groups is 1. The van der Waals surface area contributed by atoms with E-state index >= 15 is 0 Å². The van der Waals surface area contributed by atoms with Crippen LogP contribution >= 0.6 is 11.6 Å². The van der Waals surface area contributed by atoms with E-state index in [0.717, 1.165) is 58.9 Å². The molecule has 4 bridgehead atoms. The summed E-state index contributed by atoms with van der Waals surface area (Å²) in [6, 6.07) is 5.88. The molecular formula is C27H32ClN5O3. The number of nitrogens with one attached hydrogen (secondary N) is 1. The molecule has 3 unspecified atom stereocenters. The van der Waals surface area contributed by atoms with Gasteiger partial charge in [0.05, 0.1) is 24.8 Å². The van der Waals surface area contributed by atoms with Crippen LogP contribution in [0.3, 0.4) is 0 Å². The van der Waals surface area contributed by atoms with Crippen LogP contribution in [0.15, 0.2) is 52.3 Å². The standard InChI is InChI=1S/C27H32ClN5O3/c1-35-25-15-33-11-8-18(25)9-12-36-21-5-7-24-22(14-21)27(31-17-30-24)32-23-6-4-20(28)13-19(23)3-2-10-29-26(34)16-33/h3-5,7,14,17-18,25H,2,6,8-13,15-16H2,1H3,(H,29,34)/b19-3+,32-23?.